The fraction of sp³-hybridized carbons (Fsp3) is 0.600. The van der Waals surface area contributed by atoms with Crippen LogP contribution in [0.25, 0.3) is 0 Å². The summed E-state index contributed by atoms with van der Waals surface area (Å²) in [5, 5.41) is 0.318. The molecule has 1 saturated carbocycles. The molecule has 1 aliphatic carbocycles. The monoisotopic (exact) mass is 324 g/mol. The van der Waals surface area contributed by atoms with Crippen molar-refractivity contribution in [2.45, 2.75) is 72.1 Å². The Morgan fingerprint density at radius 3 is 2.41 bits per heavy atom. The van der Waals surface area contributed by atoms with Crippen LogP contribution in [0.2, 0.25) is 0 Å². The predicted molar refractivity (Wildman–Crippen MR) is 96.7 cm³/mol. The van der Waals surface area contributed by atoms with Gasteiger partial charge in [-0.15, -0.1) is 0 Å². The lowest BCUT2D eigenvalue weighted by atomic mass is 9.83. The van der Waals surface area contributed by atoms with Crippen molar-refractivity contribution >= 4 is 11.6 Å². The van der Waals surface area contributed by atoms with Gasteiger partial charge in [0.2, 0.25) is 0 Å². The fourth-order valence-corrected chi connectivity index (χ4v) is 3.15. The zero-order valence-corrected chi connectivity index (χ0v) is 15.1. The highest BCUT2D eigenvalue weighted by Gasteiger charge is 2.15. The van der Waals surface area contributed by atoms with Gasteiger partial charge in [0.25, 0.3) is 0 Å². The van der Waals surface area contributed by atoms with Crippen LogP contribution in [0.1, 0.15) is 72.1 Å². The maximum absolute atomic E-state index is 14.1. The molecule has 1 aliphatic rings. The smallest absolute Gasteiger partial charge is 0.140 e. The summed E-state index contributed by atoms with van der Waals surface area (Å²) >= 11 is 5.93. The molecule has 0 aromatic rings. The van der Waals surface area contributed by atoms with E-state index in [1.807, 2.05) is 19.9 Å². The second-order valence-electron chi connectivity index (χ2n) is 5.94. The Morgan fingerprint density at radius 1 is 1.18 bits per heavy atom. The Morgan fingerprint density at radius 2 is 1.86 bits per heavy atom. The van der Waals surface area contributed by atoms with Gasteiger partial charge >= 0.3 is 0 Å². The lowest BCUT2D eigenvalue weighted by Crippen LogP contribution is -2.08. The van der Waals surface area contributed by atoms with E-state index in [9.17, 15) is 4.39 Å². The van der Waals surface area contributed by atoms with Crippen LogP contribution in [0, 0.1) is 5.92 Å². The van der Waals surface area contributed by atoms with Gasteiger partial charge in [-0.25, -0.2) is 4.39 Å². The third kappa shape index (κ3) is 6.12. The van der Waals surface area contributed by atoms with Crippen LogP contribution in [0.5, 0.6) is 0 Å². The predicted octanol–water partition coefficient (Wildman–Crippen LogP) is 7.63. The van der Waals surface area contributed by atoms with Crippen molar-refractivity contribution in [3.8, 4) is 0 Å². The van der Waals surface area contributed by atoms with Gasteiger partial charge in [-0.3, -0.25) is 0 Å². The Kier molecular flexibility index (Phi) is 9.47. The van der Waals surface area contributed by atoms with Crippen LogP contribution in [-0.4, -0.2) is 0 Å². The average Bonchev–Trinajstić information content (AvgIpc) is 2.57. The molecule has 1 fully saturated rings. The molecule has 0 aliphatic heterocycles. The van der Waals surface area contributed by atoms with Crippen molar-refractivity contribution in [3.05, 3.63) is 46.3 Å². The van der Waals surface area contributed by atoms with E-state index in [2.05, 4.69) is 25.2 Å². The highest BCUT2D eigenvalue weighted by molar-refractivity contribution is 6.30. The minimum atomic E-state index is -0.255. The largest absolute Gasteiger partial charge is 0.205 e. The molecule has 1 rings (SSSR count). The summed E-state index contributed by atoms with van der Waals surface area (Å²) in [5.74, 6) is 0.439. The van der Waals surface area contributed by atoms with E-state index in [0.29, 0.717) is 29.4 Å². The Hall–Kier alpha value is -0.820. The first-order valence-electron chi connectivity index (χ1n) is 8.70. The minimum absolute atomic E-state index is 0.255. The van der Waals surface area contributed by atoms with Gasteiger partial charge in [0.05, 0.1) is 5.03 Å². The van der Waals surface area contributed by atoms with Crippen molar-refractivity contribution in [1.82, 2.24) is 0 Å². The van der Waals surface area contributed by atoms with Crippen LogP contribution >= 0.6 is 11.6 Å². The summed E-state index contributed by atoms with van der Waals surface area (Å²) in [6, 6.07) is 0. The first-order chi connectivity index (χ1) is 10.6. The molecule has 0 aromatic carbocycles. The molecule has 0 N–H and O–H groups in total. The number of allylic oxidation sites excluding steroid dienone is 8. The molecule has 0 heterocycles. The van der Waals surface area contributed by atoms with Crippen LogP contribution < -0.4 is 0 Å². The van der Waals surface area contributed by atoms with Gasteiger partial charge in [0.15, 0.2) is 0 Å². The van der Waals surface area contributed by atoms with Crippen LogP contribution in [0.15, 0.2) is 46.3 Å². The lowest BCUT2D eigenvalue weighted by Gasteiger charge is -2.23. The molecular formula is C20H30ClF. The zero-order chi connectivity index (χ0) is 16.4. The van der Waals surface area contributed by atoms with Crippen LogP contribution in [0.4, 0.5) is 4.39 Å². The second kappa shape index (κ2) is 10.8. The van der Waals surface area contributed by atoms with Gasteiger partial charge in [0.1, 0.15) is 5.83 Å². The fourth-order valence-electron chi connectivity index (χ4n) is 3.03. The highest BCUT2D eigenvalue weighted by Crippen LogP contribution is 2.31. The van der Waals surface area contributed by atoms with Gasteiger partial charge in [-0.05, 0) is 56.1 Å². The molecule has 0 spiro atoms. The lowest BCUT2D eigenvalue weighted by molar-refractivity contribution is 0.407. The molecule has 0 saturated heterocycles. The highest BCUT2D eigenvalue weighted by atomic mass is 35.5. The van der Waals surface area contributed by atoms with E-state index >= 15 is 0 Å². The maximum Gasteiger partial charge on any atom is 0.140 e. The van der Waals surface area contributed by atoms with Crippen molar-refractivity contribution < 1.29 is 4.39 Å². The molecule has 0 aromatic heterocycles. The summed E-state index contributed by atoms with van der Waals surface area (Å²) in [7, 11) is 0. The quantitative estimate of drug-likeness (QED) is 0.422. The summed E-state index contributed by atoms with van der Waals surface area (Å²) < 4.78 is 14.1. The molecule has 2 heteroatoms. The van der Waals surface area contributed by atoms with Crippen molar-refractivity contribution in [2.24, 2.45) is 5.92 Å². The van der Waals surface area contributed by atoms with Crippen molar-refractivity contribution in [2.75, 3.05) is 0 Å². The van der Waals surface area contributed by atoms with E-state index in [-0.39, 0.29) is 5.83 Å². The van der Waals surface area contributed by atoms with Gasteiger partial charge in [0, 0.05) is 0 Å². The Balaban J connectivity index is 2.73. The number of hydrogen-bond donors (Lipinski definition) is 0. The molecular weight excluding hydrogens is 295 g/mol. The summed E-state index contributed by atoms with van der Waals surface area (Å²) in [6.45, 7) is 5.92. The zero-order valence-electron chi connectivity index (χ0n) is 14.3. The molecule has 0 atom stereocenters. The SMILES string of the molecule is C/C=C(C/C=C\C(=C/CC)C1CCCCC1)\C(F)=C(\Cl)CC. The van der Waals surface area contributed by atoms with Crippen LogP contribution in [-0.2, 0) is 0 Å². The normalized spacial score (nSPS) is 19.7. The van der Waals surface area contributed by atoms with Crippen molar-refractivity contribution in [1.29, 1.82) is 0 Å². The van der Waals surface area contributed by atoms with E-state index in [1.54, 1.807) is 0 Å². The van der Waals surface area contributed by atoms with E-state index in [0.717, 1.165) is 6.42 Å². The summed E-state index contributed by atoms with van der Waals surface area (Å²) in [5.41, 5.74) is 2.12. The van der Waals surface area contributed by atoms with Gasteiger partial charge in [-0.1, -0.05) is 69.0 Å². The molecule has 0 bridgehead atoms. The first kappa shape index (κ1) is 19.2. The van der Waals surface area contributed by atoms with E-state index in [4.69, 9.17) is 11.6 Å². The first-order valence-corrected chi connectivity index (χ1v) is 9.08. The molecule has 0 radical (unpaired) electrons. The van der Waals surface area contributed by atoms with Gasteiger partial charge < -0.3 is 0 Å². The van der Waals surface area contributed by atoms with E-state index < -0.39 is 0 Å². The summed E-state index contributed by atoms with van der Waals surface area (Å²) in [4.78, 5) is 0. The Bertz CT molecular complexity index is 448. The topological polar surface area (TPSA) is 0 Å². The number of halogens is 2. The van der Waals surface area contributed by atoms with Crippen LogP contribution in [0.3, 0.4) is 0 Å². The number of hydrogen-bond acceptors (Lipinski definition) is 0. The van der Waals surface area contributed by atoms with Crippen molar-refractivity contribution in [3.63, 3.8) is 0 Å². The third-order valence-electron chi connectivity index (χ3n) is 4.34. The van der Waals surface area contributed by atoms with Gasteiger partial charge in [-0.2, -0.15) is 0 Å². The second-order valence-corrected chi connectivity index (χ2v) is 6.40. The molecule has 0 unspecified atom stereocenters. The molecule has 0 amide bonds. The maximum atomic E-state index is 14.1. The molecule has 0 nitrogen and oxygen atoms in total. The minimum Gasteiger partial charge on any atom is -0.205 e. The standard InChI is InChI=1S/C20H30ClF/c1-4-11-17(18-12-8-7-9-13-18)15-10-14-16(5-2)20(22)19(21)6-3/h5,10-11,15,18H,4,6-9,12-14H2,1-3H3/b15-10-,16-5-,17-11+,20-19-. The summed E-state index contributed by atoms with van der Waals surface area (Å²) in [6.07, 6.45) is 17.3. The Labute approximate surface area is 140 Å². The molecule has 124 valence electrons. The molecule has 22 heavy (non-hydrogen) atoms. The average molecular weight is 325 g/mol. The van der Waals surface area contributed by atoms with E-state index in [1.165, 1.54) is 37.7 Å². The third-order valence-corrected chi connectivity index (χ3v) is 4.78. The number of rotatable bonds is 7.